The molecule has 1 aliphatic heterocycles. The van der Waals surface area contributed by atoms with Crippen molar-refractivity contribution in [3.05, 3.63) is 47.3 Å². The zero-order valence-corrected chi connectivity index (χ0v) is 12.8. The van der Waals surface area contributed by atoms with Crippen LogP contribution in [0.15, 0.2) is 30.6 Å². The summed E-state index contributed by atoms with van der Waals surface area (Å²) in [5, 5.41) is 3.29. The van der Waals surface area contributed by atoms with E-state index >= 15 is 0 Å². The molecule has 1 aliphatic rings. The number of aryl methyl sites for hydroxylation is 2. The largest absolute Gasteiger partial charge is 0.313 e. The highest BCUT2D eigenvalue weighted by molar-refractivity contribution is 5.64. The molecule has 4 nitrogen and oxygen atoms in total. The summed E-state index contributed by atoms with van der Waals surface area (Å²) >= 11 is 0. The molecular formula is C17H22N4. The maximum absolute atomic E-state index is 4.55. The smallest absolute Gasteiger partial charge is 0.229 e. The molecule has 0 unspecified atom stereocenters. The lowest BCUT2D eigenvalue weighted by atomic mass is 10.00. The summed E-state index contributed by atoms with van der Waals surface area (Å²) in [6.45, 7) is 7.02. The van der Waals surface area contributed by atoms with Gasteiger partial charge in [-0.2, -0.15) is 0 Å². The first-order valence-corrected chi connectivity index (χ1v) is 7.66. The highest BCUT2D eigenvalue weighted by atomic mass is 15.3. The van der Waals surface area contributed by atoms with Crippen LogP contribution in [-0.4, -0.2) is 23.1 Å². The second-order valence-electron chi connectivity index (χ2n) is 5.56. The van der Waals surface area contributed by atoms with Crippen LogP contribution in [0.5, 0.6) is 0 Å². The fourth-order valence-electron chi connectivity index (χ4n) is 2.78. The van der Waals surface area contributed by atoms with Gasteiger partial charge >= 0.3 is 0 Å². The van der Waals surface area contributed by atoms with Gasteiger partial charge in [0.2, 0.25) is 5.95 Å². The zero-order chi connectivity index (χ0) is 14.7. The SMILES string of the molecule is CCNCc1cnc(N2CCCc3cc(C)ccc32)nc1. The van der Waals surface area contributed by atoms with E-state index in [1.807, 2.05) is 12.4 Å². The Morgan fingerprint density at radius 3 is 2.81 bits per heavy atom. The number of nitrogens with one attached hydrogen (secondary N) is 1. The van der Waals surface area contributed by atoms with E-state index in [9.17, 15) is 0 Å². The zero-order valence-electron chi connectivity index (χ0n) is 12.8. The standard InChI is InChI=1S/C17H22N4/c1-3-18-10-14-11-19-17(20-12-14)21-8-4-5-15-9-13(2)6-7-16(15)21/h6-7,9,11-12,18H,3-5,8,10H2,1-2H3. The van der Waals surface area contributed by atoms with Gasteiger partial charge in [-0.05, 0) is 37.9 Å². The summed E-state index contributed by atoms with van der Waals surface area (Å²) in [4.78, 5) is 11.3. The van der Waals surface area contributed by atoms with Crippen molar-refractivity contribution in [1.82, 2.24) is 15.3 Å². The molecule has 4 heteroatoms. The van der Waals surface area contributed by atoms with Crippen LogP contribution in [-0.2, 0) is 13.0 Å². The Morgan fingerprint density at radius 2 is 2.05 bits per heavy atom. The van der Waals surface area contributed by atoms with Gasteiger partial charge in [-0.1, -0.05) is 24.6 Å². The summed E-state index contributed by atoms with van der Waals surface area (Å²) in [6.07, 6.45) is 6.14. The first-order chi connectivity index (χ1) is 10.3. The Bertz CT molecular complexity index is 607. The van der Waals surface area contributed by atoms with Crippen LogP contribution in [0.1, 0.15) is 30.0 Å². The van der Waals surface area contributed by atoms with E-state index < -0.39 is 0 Å². The van der Waals surface area contributed by atoms with Gasteiger partial charge in [0.1, 0.15) is 0 Å². The Morgan fingerprint density at radius 1 is 1.24 bits per heavy atom. The van der Waals surface area contributed by atoms with Crippen molar-refractivity contribution < 1.29 is 0 Å². The molecule has 3 rings (SSSR count). The summed E-state index contributed by atoms with van der Waals surface area (Å²) in [7, 11) is 0. The Hall–Kier alpha value is -1.94. The van der Waals surface area contributed by atoms with Crippen LogP contribution in [0.4, 0.5) is 11.6 Å². The molecule has 0 amide bonds. The third-order valence-corrected chi connectivity index (χ3v) is 3.87. The molecule has 0 saturated carbocycles. The maximum atomic E-state index is 4.55. The molecule has 2 heterocycles. The lowest BCUT2D eigenvalue weighted by Gasteiger charge is -2.29. The van der Waals surface area contributed by atoms with E-state index in [0.717, 1.165) is 44.0 Å². The third kappa shape index (κ3) is 3.05. The average Bonchev–Trinajstić information content (AvgIpc) is 2.52. The quantitative estimate of drug-likeness (QED) is 0.936. The summed E-state index contributed by atoms with van der Waals surface area (Å²) < 4.78 is 0. The van der Waals surface area contributed by atoms with Crippen LogP contribution in [0.25, 0.3) is 0 Å². The van der Waals surface area contributed by atoms with Gasteiger partial charge < -0.3 is 10.2 Å². The topological polar surface area (TPSA) is 41.1 Å². The third-order valence-electron chi connectivity index (χ3n) is 3.87. The number of hydrogen-bond acceptors (Lipinski definition) is 4. The van der Waals surface area contributed by atoms with Gasteiger partial charge in [0, 0.05) is 36.7 Å². The van der Waals surface area contributed by atoms with Crippen molar-refractivity contribution in [2.45, 2.75) is 33.2 Å². The average molecular weight is 282 g/mol. The van der Waals surface area contributed by atoms with Crippen molar-refractivity contribution in [3.8, 4) is 0 Å². The highest BCUT2D eigenvalue weighted by Gasteiger charge is 2.19. The Labute approximate surface area is 126 Å². The van der Waals surface area contributed by atoms with Gasteiger partial charge in [0.25, 0.3) is 0 Å². The summed E-state index contributed by atoms with van der Waals surface area (Å²) in [5.41, 5.74) is 5.10. The molecule has 0 bridgehead atoms. The minimum atomic E-state index is 0.806. The molecule has 0 radical (unpaired) electrons. The maximum Gasteiger partial charge on any atom is 0.229 e. The second-order valence-corrected chi connectivity index (χ2v) is 5.56. The van der Waals surface area contributed by atoms with Crippen LogP contribution < -0.4 is 10.2 Å². The number of benzene rings is 1. The van der Waals surface area contributed by atoms with Gasteiger partial charge in [-0.25, -0.2) is 9.97 Å². The number of rotatable bonds is 4. The van der Waals surface area contributed by atoms with E-state index in [4.69, 9.17) is 0 Å². The summed E-state index contributed by atoms with van der Waals surface area (Å²) in [5.74, 6) is 0.806. The fraction of sp³-hybridized carbons (Fsp3) is 0.412. The van der Waals surface area contributed by atoms with E-state index in [0.29, 0.717) is 0 Å². The molecule has 110 valence electrons. The highest BCUT2D eigenvalue weighted by Crippen LogP contribution is 2.31. The molecule has 2 aromatic rings. The van der Waals surface area contributed by atoms with Crippen molar-refractivity contribution in [1.29, 1.82) is 0 Å². The van der Waals surface area contributed by atoms with Crippen LogP contribution >= 0.6 is 0 Å². The molecule has 0 saturated heterocycles. The van der Waals surface area contributed by atoms with E-state index in [-0.39, 0.29) is 0 Å². The Balaban J connectivity index is 1.85. The first kappa shape index (κ1) is 14.0. The van der Waals surface area contributed by atoms with Crippen molar-refractivity contribution in [2.24, 2.45) is 0 Å². The van der Waals surface area contributed by atoms with Crippen LogP contribution in [0.3, 0.4) is 0 Å². The molecule has 0 atom stereocenters. The van der Waals surface area contributed by atoms with Crippen molar-refractivity contribution in [3.63, 3.8) is 0 Å². The predicted octanol–water partition coefficient (Wildman–Crippen LogP) is 2.98. The minimum Gasteiger partial charge on any atom is -0.313 e. The van der Waals surface area contributed by atoms with Gasteiger partial charge in [0.15, 0.2) is 0 Å². The van der Waals surface area contributed by atoms with Crippen molar-refractivity contribution in [2.75, 3.05) is 18.0 Å². The van der Waals surface area contributed by atoms with Gasteiger partial charge in [-0.15, -0.1) is 0 Å². The number of anilines is 2. The number of nitrogens with zero attached hydrogens (tertiary/aromatic N) is 3. The molecule has 0 fully saturated rings. The van der Waals surface area contributed by atoms with Crippen molar-refractivity contribution >= 4 is 11.6 Å². The molecule has 0 aliphatic carbocycles. The van der Waals surface area contributed by atoms with Gasteiger partial charge in [-0.3, -0.25) is 0 Å². The fourth-order valence-corrected chi connectivity index (χ4v) is 2.78. The number of fused-ring (bicyclic) bond motifs is 1. The summed E-state index contributed by atoms with van der Waals surface area (Å²) in [6, 6.07) is 6.64. The predicted molar refractivity (Wildman–Crippen MR) is 85.9 cm³/mol. The molecule has 0 spiro atoms. The van der Waals surface area contributed by atoms with Crippen LogP contribution in [0, 0.1) is 6.92 Å². The van der Waals surface area contributed by atoms with E-state index in [1.54, 1.807) is 0 Å². The number of hydrogen-bond donors (Lipinski definition) is 1. The molecule has 1 aromatic heterocycles. The first-order valence-electron chi connectivity index (χ1n) is 7.66. The molecule has 1 aromatic carbocycles. The molecule has 1 N–H and O–H groups in total. The van der Waals surface area contributed by atoms with E-state index in [1.165, 1.54) is 16.8 Å². The number of aromatic nitrogens is 2. The van der Waals surface area contributed by atoms with Gasteiger partial charge in [0.05, 0.1) is 0 Å². The van der Waals surface area contributed by atoms with Crippen LogP contribution in [0.2, 0.25) is 0 Å². The molecule has 21 heavy (non-hydrogen) atoms. The Kier molecular flexibility index (Phi) is 4.15. The van der Waals surface area contributed by atoms with E-state index in [2.05, 4.69) is 52.2 Å². The normalized spacial score (nSPS) is 14.1. The molecular weight excluding hydrogens is 260 g/mol. The minimum absolute atomic E-state index is 0.806. The lowest BCUT2D eigenvalue weighted by molar-refractivity contribution is 0.716. The monoisotopic (exact) mass is 282 g/mol. The second kappa shape index (κ2) is 6.22. The lowest BCUT2D eigenvalue weighted by Crippen LogP contribution is -2.26.